The minimum absolute atomic E-state index is 0.0437. The molecule has 3 aliphatic carbocycles. The number of fused-ring (bicyclic) bond motifs is 1. The molecule has 4 rings (SSSR count). The van der Waals surface area contributed by atoms with Crippen LogP contribution in [0.5, 0.6) is 0 Å². The molecule has 0 bridgehead atoms. The smallest absolute Gasteiger partial charge is 0.408 e. The number of carbonyl (C=O) groups is 5. The lowest BCUT2D eigenvalue weighted by Gasteiger charge is -2.63. The van der Waals surface area contributed by atoms with E-state index in [0.29, 0.717) is 18.9 Å². The summed E-state index contributed by atoms with van der Waals surface area (Å²) in [6, 6.07) is -1.51. The molecule has 0 unspecified atom stereocenters. The zero-order valence-corrected chi connectivity index (χ0v) is 26.1. The second-order valence-corrected chi connectivity index (χ2v) is 15.3. The maximum Gasteiger partial charge on any atom is 0.408 e. The van der Waals surface area contributed by atoms with E-state index in [2.05, 4.69) is 33.0 Å². The number of rotatable bonds is 10. The van der Waals surface area contributed by atoms with E-state index in [1.54, 1.807) is 25.7 Å². The number of nitrogens with zero attached hydrogens (tertiary/aromatic N) is 1. The van der Waals surface area contributed by atoms with Crippen molar-refractivity contribution in [3.63, 3.8) is 0 Å². The summed E-state index contributed by atoms with van der Waals surface area (Å²) in [4.78, 5) is 67.9. The van der Waals surface area contributed by atoms with E-state index in [0.717, 1.165) is 44.9 Å². The predicted molar refractivity (Wildman–Crippen MR) is 154 cm³/mol. The lowest BCUT2D eigenvalue weighted by atomic mass is 9.40. The van der Waals surface area contributed by atoms with Crippen LogP contribution < -0.4 is 11.1 Å². The van der Waals surface area contributed by atoms with Crippen molar-refractivity contribution >= 4 is 29.5 Å². The summed E-state index contributed by atoms with van der Waals surface area (Å²) in [7, 11) is 0. The first-order chi connectivity index (χ1) is 19.0. The first kappa shape index (κ1) is 31.5. The van der Waals surface area contributed by atoms with Gasteiger partial charge in [-0.05, 0) is 74.5 Å². The molecule has 0 aromatic rings. The Hall–Kier alpha value is -2.45. The standard InChI is InChI=1S/C32H51N3O6/c1-30(2,3)41-29(40)34-24(19-11-9-8-10-12-19)28(39)35-17-21-23(32(6,7)31(21,4)5)25(35)22(36)16-20(15-18-13-14-18)26(37)27(33)38/h18-21,23-25H,8-17H2,1-7H3,(H2,33,38)(H,34,40)/t20-,21+,23+,24+,25-/m1/s1. The van der Waals surface area contributed by atoms with Crippen LogP contribution in [0.1, 0.15) is 106 Å². The van der Waals surface area contributed by atoms with Gasteiger partial charge in [-0.2, -0.15) is 0 Å². The molecule has 4 aliphatic rings. The Morgan fingerprint density at radius 3 is 2.10 bits per heavy atom. The maximum atomic E-state index is 14.5. The third-order valence-electron chi connectivity index (χ3n) is 11.0. The number of carbonyl (C=O) groups excluding carboxylic acids is 5. The van der Waals surface area contributed by atoms with Crippen LogP contribution in [0.3, 0.4) is 0 Å². The number of hydrogen-bond donors (Lipinski definition) is 2. The van der Waals surface area contributed by atoms with Crippen LogP contribution >= 0.6 is 0 Å². The summed E-state index contributed by atoms with van der Waals surface area (Å²) in [5.41, 5.74) is 4.32. The van der Waals surface area contributed by atoms with Gasteiger partial charge in [-0.1, -0.05) is 59.8 Å². The molecule has 0 spiro atoms. The van der Waals surface area contributed by atoms with E-state index < -0.39 is 41.4 Å². The van der Waals surface area contributed by atoms with Gasteiger partial charge in [0.25, 0.3) is 5.91 Å². The molecule has 3 saturated carbocycles. The number of amides is 3. The van der Waals surface area contributed by atoms with Crippen LogP contribution in [0.4, 0.5) is 4.79 Å². The zero-order chi connectivity index (χ0) is 30.5. The average Bonchev–Trinajstić information content (AvgIpc) is 3.60. The van der Waals surface area contributed by atoms with Crippen LogP contribution in [-0.4, -0.2) is 58.6 Å². The van der Waals surface area contributed by atoms with Gasteiger partial charge in [-0.3, -0.25) is 19.2 Å². The van der Waals surface area contributed by atoms with E-state index in [9.17, 15) is 24.0 Å². The highest BCUT2D eigenvalue weighted by atomic mass is 16.6. The highest BCUT2D eigenvalue weighted by Gasteiger charge is 2.70. The molecule has 4 fully saturated rings. The van der Waals surface area contributed by atoms with Crippen molar-refractivity contribution in [1.82, 2.24) is 10.2 Å². The van der Waals surface area contributed by atoms with E-state index in [4.69, 9.17) is 10.5 Å². The lowest BCUT2D eigenvalue weighted by molar-refractivity contribution is -0.161. The third kappa shape index (κ3) is 6.34. The molecule has 1 heterocycles. The van der Waals surface area contributed by atoms with Crippen molar-refractivity contribution in [3.8, 4) is 0 Å². The van der Waals surface area contributed by atoms with E-state index in [1.807, 2.05) is 0 Å². The normalized spacial score (nSPS) is 28.6. The molecule has 3 amide bonds. The number of ether oxygens (including phenoxy) is 1. The molecular weight excluding hydrogens is 522 g/mol. The molecule has 0 aromatic heterocycles. The molecule has 230 valence electrons. The summed E-state index contributed by atoms with van der Waals surface area (Å²) in [5.74, 6) is -2.58. The van der Waals surface area contributed by atoms with Gasteiger partial charge in [0.1, 0.15) is 11.6 Å². The molecule has 9 heteroatoms. The Morgan fingerprint density at radius 2 is 1.56 bits per heavy atom. The summed E-state index contributed by atoms with van der Waals surface area (Å²) < 4.78 is 5.54. The summed E-state index contributed by atoms with van der Waals surface area (Å²) in [5, 5.41) is 2.90. The molecule has 0 aromatic carbocycles. The number of Topliss-reactive ketones (excluding diaryl/α,β-unsaturated/α-hetero) is 2. The monoisotopic (exact) mass is 573 g/mol. The summed E-state index contributed by atoms with van der Waals surface area (Å²) >= 11 is 0. The fraction of sp³-hybridized carbons (Fsp3) is 0.844. The van der Waals surface area contributed by atoms with Gasteiger partial charge in [0, 0.05) is 18.9 Å². The number of ketones is 2. The zero-order valence-electron chi connectivity index (χ0n) is 26.1. The second kappa shape index (κ2) is 11.3. The third-order valence-corrected chi connectivity index (χ3v) is 11.0. The van der Waals surface area contributed by atoms with Gasteiger partial charge in [-0.15, -0.1) is 0 Å². The topological polar surface area (TPSA) is 136 Å². The van der Waals surface area contributed by atoms with Crippen LogP contribution in [0.15, 0.2) is 0 Å². The number of nitrogens with one attached hydrogen (secondary N) is 1. The molecule has 9 nitrogen and oxygen atoms in total. The SMILES string of the molecule is CC(C)(C)OC(=O)N[C@H](C(=O)N1C[C@H]2[C@@H]([C@H]1C(=O)C[C@@H](CC1CC1)C(=O)C(N)=O)C(C)(C)C2(C)C)C1CCCCC1. The van der Waals surface area contributed by atoms with Crippen molar-refractivity contribution in [2.75, 3.05) is 6.54 Å². The van der Waals surface area contributed by atoms with Gasteiger partial charge in [0.05, 0.1) is 6.04 Å². The van der Waals surface area contributed by atoms with Crippen molar-refractivity contribution in [1.29, 1.82) is 0 Å². The van der Waals surface area contributed by atoms with Gasteiger partial charge in [0.2, 0.25) is 11.7 Å². The number of hydrogen-bond acceptors (Lipinski definition) is 6. The minimum Gasteiger partial charge on any atom is -0.444 e. The molecule has 41 heavy (non-hydrogen) atoms. The van der Waals surface area contributed by atoms with E-state index in [-0.39, 0.29) is 46.7 Å². The van der Waals surface area contributed by atoms with Crippen molar-refractivity contribution in [2.45, 2.75) is 124 Å². The lowest BCUT2D eigenvalue weighted by Crippen LogP contribution is -2.62. The maximum absolute atomic E-state index is 14.5. The second-order valence-electron chi connectivity index (χ2n) is 15.3. The highest BCUT2D eigenvalue weighted by molar-refractivity contribution is 6.36. The van der Waals surface area contributed by atoms with Crippen LogP contribution in [-0.2, 0) is 23.9 Å². The fourth-order valence-corrected chi connectivity index (χ4v) is 7.91. The van der Waals surface area contributed by atoms with Crippen molar-refractivity contribution in [3.05, 3.63) is 0 Å². The van der Waals surface area contributed by atoms with E-state index >= 15 is 0 Å². The molecular formula is C32H51N3O6. The Kier molecular flexibility index (Phi) is 8.70. The van der Waals surface area contributed by atoms with Gasteiger partial charge in [0.15, 0.2) is 5.78 Å². The molecule has 3 N–H and O–H groups in total. The first-order valence-corrected chi connectivity index (χ1v) is 15.6. The molecule has 1 saturated heterocycles. The molecule has 0 radical (unpaired) electrons. The van der Waals surface area contributed by atoms with Crippen LogP contribution in [0.2, 0.25) is 0 Å². The van der Waals surface area contributed by atoms with E-state index in [1.165, 1.54) is 0 Å². The molecule has 5 atom stereocenters. The van der Waals surface area contributed by atoms with Gasteiger partial charge >= 0.3 is 6.09 Å². The Labute approximate surface area is 245 Å². The Bertz CT molecular complexity index is 1070. The largest absolute Gasteiger partial charge is 0.444 e. The van der Waals surface area contributed by atoms with Gasteiger partial charge in [-0.25, -0.2) is 4.79 Å². The number of nitrogens with two attached hydrogens (primary N) is 1. The summed E-state index contributed by atoms with van der Waals surface area (Å²) in [6.45, 7) is 14.5. The first-order valence-electron chi connectivity index (χ1n) is 15.6. The number of alkyl carbamates (subject to hydrolysis) is 1. The number of likely N-dealkylation sites (tertiary alicyclic amines) is 1. The average molecular weight is 574 g/mol. The molecule has 1 aliphatic heterocycles. The minimum atomic E-state index is -1.01. The van der Waals surface area contributed by atoms with Crippen molar-refractivity contribution < 1.29 is 28.7 Å². The van der Waals surface area contributed by atoms with Crippen LogP contribution in [0.25, 0.3) is 0 Å². The Balaban J connectivity index is 1.64. The number of primary amides is 1. The van der Waals surface area contributed by atoms with Crippen LogP contribution in [0, 0.1) is 40.4 Å². The summed E-state index contributed by atoms with van der Waals surface area (Å²) in [6.07, 6.45) is 6.40. The van der Waals surface area contributed by atoms with Gasteiger partial charge < -0.3 is 20.7 Å². The highest BCUT2D eigenvalue weighted by Crippen LogP contribution is 2.68. The quantitative estimate of drug-likeness (QED) is 0.372. The Morgan fingerprint density at radius 1 is 0.951 bits per heavy atom. The predicted octanol–water partition coefficient (Wildman–Crippen LogP) is 4.40. The van der Waals surface area contributed by atoms with Crippen molar-refractivity contribution in [2.24, 2.45) is 46.2 Å². The fourth-order valence-electron chi connectivity index (χ4n) is 7.91.